The van der Waals surface area contributed by atoms with Gasteiger partial charge in [-0.2, -0.15) is 4.98 Å². The molecule has 0 saturated heterocycles. The molecule has 0 aliphatic carbocycles. The Labute approximate surface area is 229 Å². The quantitative estimate of drug-likeness (QED) is 0.138. The predicted octanol–water partition coefficient (Wildman–Crippen LogP) is 4.63. The van der Waals surface area contributed by atoms with E-state index >= 15 is 0 Å². The van der Waals surface area contributed by atoms with E-state index in [2.05, 4.69) is 41.2 Å². The molecule has 39 heavy (non-hydrogen) atoms. The normalized spacial score (nSPS) is 10.7. The van der Waals surface area contributed by atoms with E-state index in [1.165, 1.54) is 6.92 Å². The van der Waals surface area contributed by atoms with Crippen molar-refractivity contribution in [2.75, 3.05) is 22.6 Å². The second-order valence-electron chi connectivity index (χ2n) is 8.51. The zero-order valence-corrected chi connectivity index (χ0v) is 21.9. The number of esters is 1. The van der Waals surface area contributed by atoms with E-state index in [4.69, 9.17) is 17.0 Å². The predicted molar refractivity (Wildman–Crippen MR) is 153 cm³/mol. The number of ether oxygens (including phenoxy) is 1. The first-order chi connectivity index (χ1) is 19.0. The minimum absolute atomic E-state index is 0.284. The molecule has 0 unspecified atom stereocenters. The lowest BCUT2D eigenvalue weighted by molar-refractivity contribution is -0.141. The summed E-state index contributed by atoms with van der Waals surface area (Å²) in [6, 6.07) is 21.1. The molecule has 3 aromatic heterocycles. The molecule has 0 aliphatic rings. The Kier molecular flexibility index (Phi) is 7.93. The van der Waals surface area contributed by atoms with E-state index in [-0.39, 0.29) is 5.97 Å². The summed E-state index contributed by atoms with van der Waals surface area (Å²) in [6.07, 6.45) is 5.01. The summed E-state index contributed by atoms with van der Waals surface area (Å²) in [5, 5.41) is 22.8. The first-order valence-electron chi connectivity index (χ1n) is 12.2. The maximum atomic E-state index is 10.9. The van der Waals surface area contributed by atoms with E-state index < -0.39 is 0 Å². The van der Waals surface area contributed by atoms with Gasteiger partial charge in [-0.1, -0.05) is 42.5 Å². The fourth-order valence-electron chi connectivity index (χ4n) is 3.75. The monoisotopic (exact) mass is 539 g/mol. The molecule has 2 aromatic carbocycles. The Balaban J connectivity index is 1.22. The van der Waals surface area contributed by atoms with Crippen LogP contribution in [0.4, 0.5) is 23.1 Å². The van der Waals surface area contributed by atoms with Crippen molar-refractivity contribution in [3.05, 3.63) is 84.7 Å². The smallest absolute Gasteiger partial charge is 0.302 e. The van der Waals surface area contributed by atoms with E-state index in [0.29, 0.717) is 42.1 Å². The number of fused-ring (bicyclic) bond motifs is 1. The zero-order chi connectivity index (χ0) is 27.0. The van der Waals surface area contributed by atoms with Gasteiger partial charge >= 0.3 is 5.97 Å². The van der Waals surface area contributed by atoms with Gasteiger partial charge in [0, 0.05) is 24.9 Å². The Morgan fingerprint density at radius 1 is 0.974 bits per heavy atom. The lowest BCUT2D eigenvalue weighted by Crippen LogP contribution is -2.20. The van der Waals surface area contributed by atoms with Crippen molar-refractivity contribution in [3.8, 4) is 11.3 Å². The highest BCUT2D eigenvalue weighted by Crippen LogP contribution is 2.24. The molecule has 0 saturated carbocycles. The first kappa shape index (κ1) is 25.7. The van der Waals surface area contributed by atoms with Crippen molar-refractivity contribution in [1.29, 1.82) is 0 Å². The number of aryl methyl sites for hydroxylation is 1. The molecule has 196 valence electrons. The average Bonchev–Trinajstić information content (AvgIpc) is 3.34. The van der Waals surface area contributed by atoms with Gasteiger partial charge in [0.05, 0.1) is 23.7 Å². The number of rotatable bonds is 9. The van der Waals surface area contributed by atoms with Crippen molar-refractivity contribution in [1.82, 2.24) is 29.8 Å². The Morgan fingerprint density at radius 2 is 1.77 bits per heavy atom. The third-order valence-corrected chi connectivity index (χ3v) is 5.76. The van der Waals surface area contributed by atoms with Crippen molar-refractivity contribution in [2.24, 2.45) is 0 Å². The second-order valence-corrected chi connectivity index (χ2v) is 8.91. The van der Waals surface area contributed by atoms with Gasteiger partial charge in [-0.25, -0.2) is 9.50 Å². The second kappa shape index (κ2) is 12.0. The number of thiocarbonyl (C=S) groups is 1. The maximum Gasteiger partial charge on any atom is 0.302 e. The summed E-state index contributed by atoms with van der Waals surface area (Å²) < 4.78 is 6.60. The minimum atomic E-state index is -0.284. The molecule has 0 atom stereocenters. The van der Waals surface area contributed by atoms with Crippen LogP contribution >= 0.6 is 12.2 Å². The molecule has 0 spiro atoms. The molecule has 0 fully saturated rings. The van der Waals surface area contributed by atoms with Crippen LogP contribution in [0.1, 0.15) is 18.9 Å². The molecule has 0 bridgehead atoms. The van der Waals surface area contributed by atoms with Crippen LogP contribution in [-0.4, -0.2) is 47.5 Å². The molecule has 12 heteroatoms. The number of anilines is 4. The summed E-state index contributed by atoms with van der Waals surface area (Å²) in [4.78, 5) is 19.8. The number of para-hydroxylation sites is 2. The number of hydrogen-bond acceptors (Lipinski definition) is 9. The van der Waals surface area contributed by atoms with E-state index in [1.807, 2.05) is 72.9 Å². The third kappa shape index (κ3) is 6.87. The van der Waals surface area contributed by atoms with Crippen molar-refractivity contribution in [3.63, 3.8) is 0 Å². The number of nitrogens with one attached hydrogen (secondary N) is 3. The highest BCUT2D eigenvalue weighted by Gasteiger charge is 2.10. The molecule has 0 radical (unpaired) electrons. The average molecular weight is 540 g/mol. The Hall–Kier alpha value is -4.97. The lowest BCUT2D eigenvalue weighted by Gasteiger charge is -2.13. The standard InChI is InChI=1S/C27H25N9O2S/c1-18(37)38-15-7-8-19-16-28-26-32-25(35-36(26)17-19)29-22-11-5-6-12-23(22)30-27(39)31-24-14-13-21(33-34-24)20-9-3-2-4-10-20/h2-6,9-14,16-17H,7-8,15H2,1H3,(H,29,35)(H2,30,31,34,39). The van der Waals surface area contributed by atoms with Crippen molar-refractivity contribution < 1.29 is 9.53 Å². The summed E-state index contributed by atoms with van der Waals surface area (Å²) in [5.41, 5.74) is 4.18. The van der Waals surface area contributed by atoms with Crippen molar-refractivity contribution >= 4 is 52.2 Å². The van der Waals surface area contributed by atoms with Crippen LogP contribution in [-0.2, 0) is 16.0 Å². The van der Waals surface area contributed by atoms with Gasteiger partial charge in [-0.15, -0.1) is 15.3 Å². The molecular formula is C27H25N9O2S. The van der Waals surface area contributed by atoms with Gasteiger partial charge < -0.3 is 20.7 Å². The van der Waals surface area contributed by atoms with Crippen LogP contribution in [0, 0.1) is 0 Å². The molecule has 0 amide bonds. The third-order valence-electron chi connectivity index (χ3n) is 5.56. The fraction of sp³-hybridized carbons (Fsp3) is 0.148. The fourth-order valence-corrected chi connectivity index (χ4v) is 3.96. The Bertz CT molecular complexity index is 1590. The molecule has 0 aliphatic heterocycles. The number of carbonyl (C=O) groups is 1. The SMILES string of the molecule is CC(=O)OCCCc1cnc2nc(Nc3ccccc3NC(=S)Nc3ccc(-c4ccccc4)nn3)nn2c1. The van der Waals surface area contributed by atoms with Crippen LogP contribution in [0.3, 0.4) is 0 Å². The zero-order valence-electron chi connectivity index (χ0n) is 21.0. The Morgan fingerprint density at radius 3 is 2.54 bits per heavy atom. The van der Waals surface area contributed by atoms with Crippen LogP contribution in [0.2, 0.25) is 0 Å². The number of carbonyl (C=O) groups excluding carboxylic acids is 1. The molecule has 3 N–H and O–H groups in total. The lowest BCUT2D eigenvalue weighted by atomic mass is 10.1. The largest absolute Gasteiger partial charge is 0.466 e. The van der Waals surface area contributed by atoms with Gasteiger partial charge in [0.15, 0.2) is 10.9 Å². The molecular weight excluding hydrogens is 514 g/mol. The highest BCUT2D eigenvalue weighted by atomic mass is 32.1. The maximum absolute atomic E-state index is 10.9. The van der Waals surface area contributed by atoms with Gasteiger partial charge in [-0.3, -0.25) is 4.79 Å². The summed E-state index contributed by atoms with van der Waals surface area (Å²) >= 11 is 5.50. The number of nitrogens with zero attached hydrogens (tertiary/aromatic N) is 6. The van der Waals surface area contributed by atoms with E-state index in [0.717, 1.165) is 28.2 Å². The highest BCUT2D eigenvalue weighted by molar-refractivity contribution is 7.80. The van der Waals surface area contributed by atoms with Gasteiger partial charge in [0.1, 0.15) is 0 Å². The van der Waals surface area contributed by atoms with Crippen molar-refractivity contribution in [2.45, 2.75) is 19.8 Å². The first-order valence-corrected chi connectivity index (χ1v) is 12.6. The molecule has 5 aromatic rings. The van der Waals surface area contributed by atoms with Crippen LogP contribution < -0.4 is 16.0 Å². The minimum Gasteiger partial charge on any atom is -0.466 e. The summed E-state index contributed by atoms with van der Waals surface area (Å²) in [6.45, 7) is 1.76. The number of aromatic nitrogens is 6. The van der Waals surface area contributed by atoms with Gasteiger partial charge in [0.2, 0.25) is 5.95 Å². The molecule has 5 rings (SSSR count). The summed E-state index contributed by atoms with van der Waals surface area (Å²) in [5.74, 6) is 1.08. The van der Waals surface area contributed by atoms with E-state index in [9.17, 15) is 4.79 Å². The number of hydrogen-bond donors (Lipinski definition) is 3. The van der Waals surface area contributed by atoms with Gasteiger partial charge in [-0.05, 0) is 54.9 Å². The van der Waals surface area contributed by atoms with Gasteiger partial charge in [0.25, 0.3) is 5.78 Å². The van der Waals surface area contributed by atoms with Crippen LogP contribution in [0.25, 0.3) is 17.0 Å². The van der Waals surface area contributed by atoms with Crippen LogP contribution in [0.15, 0.2) is 79.1 Å². The summed E-state index contributed by atoms with van der Waals surface area (Å²) in [7, 11) is 0. The van der Waals surface area contributed by atoms with E-state index in [1.54, 1.807) is 10.7 Å². The number of benzene rings is 2. The van der Waals surface area contributed by atoms with Crippen LogP contribution in [0.5, 0.6) is 0 Å². The molecule has 11 nitrogen and oxygen atoms in total. The molecule has 3 heterocycles. The topological polar surface area (TPSA) is 131 Å².